The van der Waals surface area contributed by atoms with Gasteiger partial charge < -0.3 is 40.3 Å². The minimum absolute atomic E-state index is 0.136. The highest BCUT2D eigenvalue weighted by molar-refractivity contribution is 5.76. The van der Waals surface area contributed by atoms with Crippen molar-refractivity contribution in [2.24, 2.45) is 0 Å². The van der Waals surface area contributed by atoms with Gasteiger partial charge in [0.2, 0.25) is 5.91 Å². The van der Waals surface area contributed by atoms with E-state index in [4.69, 9.17) is 9.47 Å². The van der Waals surface area contributed by atoms with E-state index in [0.717, 1.165) is 77.0 Å². The van der Waals surface area contributed by atoms with Crippen LogP contribution in [0.15, 0.2) is 72.9 Å². The summed E-state index contributed by atoms with van der Waals surface area (Å²) < 4.78 is 11.4. The van der Waals surface area contributed by atoms with Crippen molar-refractivity contribution in [3.63, 3.8) is 0 Å². The highest BCUT2D eigenvalue weighted by atomic mass is 16.7. The number of hydrogen-bond acceptors (Lipinski definition) is 8. The number of aliphatic hydroxyl groups is 5. The van der Waals surface area contributed by atoms with Gasteiger partial charge in [-0.1, -0.05) is 382 Å². The molecule has 9 nitrogen and oxygen atoms in total. The Kier molecular flexibility index (Phi) is 66.1. The van der Waals surface area contributed by atoms with Crippen molar-refractivity contribution in [1.82, 2.24) is 5.32 Å². The summed E-state index contributed by atoms with van der Waals surface area (Å²) in [6, 6.07) is -0.723. The van der Waals surface area contributed by atoms with Crippen LogP contribution in [0.1, 0.15) is 380 Å². The van der Waals surface area contributed by atoms with Gasteiger partial charge in [-0.15, -0.1) is 0 Å². The summed E-state index contributed by atoms with van der Waals surface area (Å²) in [5.41, 5.74) is 0. The Balaban J connectivity index is 2.06. The van der Waals surface area contributed by atoms with Crippen LogP contribution >= 0.6 is 0 Å². The summed E-state index contributed by atoms with van der Waals surface area (Å²) in [7, 11) is 0. The monoisotopic (exact) mass is 1260 g/mol. The molecule has 526 valence electrons. The summed E-state index contributed by atoms with van der Waals surface area (Å²) in [5, 5.41) is 55.1. The van der Waals surface area contributed by atoms with E-state index in [1.54, 1.807) is 0 Å². The van der Waals surface area contributed by atoms with E-state index in [2.05, 4.69) is 92.1 Å². The van der Waals surface area contributed by atoms with Crippen molar-refractivity contribution >= 4 is 5.91 Å². The van der Waals surface area contributed by atoms with Crippen LogP contribution in [0.25, 0.3) is 0 Å². The van der Waals surface area contributed by atoms with E-state index in [9.17, 15) is 30.3 Å². The van der Waals surface area contributed by atoms with Gasteiger partial charge in [0.25, 0.3) is 0 Å². The second kappa shape index (κ2) is 69.5. The third-order valence-electron chi connectivity index (χ3n) is 18.6. The predicted octanol–water partition coefficient (Wildman–Crippen LogP) is 22.3. The van der Waals surface area contributed by atoms with Crippen molar-refractivity contribution in [3.05, 3.63) is 72.9 Å². The van der Waals surface area contributed by atoms with Crippen LogP contribution < -0.4 is 5.32 Å². The smallest absolute Gasteiger partial charge is 0.220 e. The van der Waals surface area contributed by atoms with Crippen LogP contribution in [-0.4, -0.2) is 87.5 Å². The zero-order chi connectivity index (χ0) is 64.9. The third-order valence-corrected chi connectivity index (χ3v) is 18.6. The molecular formula is C81H149NO8. The SMILES string of the molecule is CC/C=C\C/C=C\C/C=C\C/C=C\C/C=C\C/C=C\CCCCCCCCCCCCCCCCCCCCC(=O)NC(COC1OC(CO)C(O)C(O)C1O)C(O)CCCCCCCCCCCCCCCCCCCCCCCCCCCCCCCC. The Morgan fingerprint density at radius 1 is 0.389 bits per heavy atom. The Morgan fingerprint density at radius 3 is 1.02 bits per heavy atom. The molecule has 7 atom stereocenters. The summed E-state index contributed by atoms with van der Waals surface area (Å²) in [4.78, 5) is 13.2. The number of amides is 1. The number of allylic oxidation sites excluding steroid dienone is 12. The molecule has 9 heteroatoms. The Bertz CT molecular complexity index is 1660. The average Bonchev–Trinajstić information content (AvgIpc) is 1.28. The second-order valence-electron chi connectivity index (χ2n) is 27.1. The summed E-state index contributed by atoms with van der Waals surface area (Å²) >= 11 is 0. The first-order valence-corrected chi connectivity index (χ1v) is 39.1. The normalized spacial score (nSPS) is 18.1. The lowest BCUT2D eigenvalue weighted by Crippen LogP contribution is -2.60. The molecule has 0 aromatic heterocycles. The van der Waals surface area contributed by atoms with E-state index >= 15 is 0 Å². The fourth-order valence-electron chi connectivity index (χ4n) is 12.5. The number of carbonyl (C=O) groups is 1. The van der Waals surface area contributed by atoms with Crippen LogP contribution in [0.4, 0.5) is 0 Å². The average molecular weight is 1270 g/mol. The molecule has 0 radical (unpaired) electrons. The third kappa shape index (κ3) is 57.1. The number of hydrogen-bond donors (Lipinski definition) is 6. The largest absolute Gasteiger partial charge is 0.394 e. The quantitative estimate of drug-likeness (QED) is 0.0261. The highest BCUT2D eigenvalue weighted by Crippen LogP contribution is 2.24. The van der Waals surface area contributed by atoms with Crippen LogP contribution in [0, 0.1) is 0 Å². The summed E-state index contributed by atoms with van der Waals surface area (Å²) in [6.45, 7) is 3.78. The van der Waals surface area contributed by atoms with Gasteiger partial charge in [-0.25, -0.2) is 0 Å². The molecule has 0 aromatic carbocycles. The van der Waals surface area contributed by atoms with Gasteiger partial charge in [-0.2, -0.15) is 0 Å². The molecule has 1 fully saturated rings. The van der Waals surface area contributed by atoms with Crippen LogP contribution in [0.5, 0.6) is 0 Å². The van der Waals surface area contributed by atoms with Crippen molar-refractivity contribution in [1.29, 1.82) is 0 Å². The lowest BCUT2D eigenvalue weighted by atomic mass is 9.99. The minimum Gasteiger partial charge on any atom is -0.394 e. The first-order chi connectivity index (χ1) is 44.3. The van der Waals surface area contributed by atoms with E-state index in [1.165, 1.54) is 276 Å². The molecule has 1 aliphatic heterocycles. The van der Waals surface area contributed by atoms with Crippen molar-refractivity contribution in [2.45, 2.75) is 423 Å². The van der Waals surface area contributed by atoms with Gasteiger partial charge in [0.15, 0.2) is 6.29 Å². The maximum absolute atomic E-state index is 13.2. The molecule has 0 aliphatic carbocycles. The van der Waals surface area contributed by atoms with Crippen LogP contribution in [0.2, 0.25) is 0 Å². The molecule has 1 rings (SSSR count). The van der Waals surface area contributed by atoms with Gasteiger partial charge in [-0.3, -0.25) is 4.79 Å². The Morgan fingerprint density at radius 2 is 0.689 bits per heavy atom. The van der Waals surface area contributed by atoms with E-state index in [1.807, 2.05) is 0 Å². The zero-order valence-electron chi connectivity index (χ0n) is 59.1. The number of unbranched alkanes of at least 4 members (excludes halogenated alkanes) is 47. The van der Waals surface area contributed by atoms with Crippen molar-refractivity contribution in [2.75, 3.05) is 13.2 Å². The van der Waals surface area contributed by atoms with Crippen molar-refractivity contribution < 1.29 is 39.8 Å². The molecular weight excluding hydrogens is 1110 g/mol. The molecule has 0 spiro atoms. The number of nitrogens with one attached hydrogen (secondary N) is 1. The molecule has 0 aromatic rings. The maximum Gasteiger partial charge on any atom is 0.220 e. The molecule has 0 saturated carbocycles. The standard InChI is InChI=1S/C81H149NO8/c1-3-5-7-9-11-13-15-17-19-21-23-25-27-29-31-33-35-36-37-38-39-40-41-43-45-47-49-51-53-55-57-59-61-63-65-67-69-71-77(85)82-74(73-89-81-80(88)79(87)78(86)76(72-83)90-81)75(84)70-68-66-64-62-60-58-56-54-52-50-48-46-44-42-34-32-30-28-26-24-22-20-18-16-14-12-10-8-6-4-2/h5,7,11,13,17,19,23,25,29,31,35-36,74-76,78-81,83-84,86-88H,3-4,6,8-10,12,14-16,18,20-22,24,26-28,30,32-34,37-73H2,1-2H3,(H,82,85)/b7-5-,13-11-,19-17-,25-23-,31-29-,36-35-. The highest BCUT2D eigenvalue weighted by Gasteiger charge is 2.44. The molecule has 1 aliphatic rings. The van der Waals surface area contributed by atoms with Gasteiger partial charge in [0, 0.05) is 6.42 Å². The van der Waals surface area contributed by atoms with Gasteiger partial charge >= 0.3 is 0 Å². The Labute approximate surface area is 557 Å². The number of ether oxygens (including phenoxy) is 2. The molecule has 1 heterocycles. The number of rotatable bonds is 69. The van der Waals surface area contributed by atoms with E-state index in [0.29, 0.717) is 12.8 Å². The molecule has 6 N–H and O–H groups in total. The maximum atomic E-state index is 13.2. The number of carbonyl (C=O) groups excluding carboxylic acids is 1. The van der Waals surface area contributed by atoms with Gasteiger partial charge in [0.1, 0.15) is 24.4 Å². The Hall–Kier alpha value is -2.37. The lowest BCUT2D eigenvalue weighted by Gasteiger charge is -2.40. The molecule has 1 saturated heterocycles. The molecule has 7 unspecified atom stereocenters. The van der Waals surface area contributed by atoms with Crippen LogP contribution in [-0.2, 0) is 14.3 Å². The second-order valence-corrected chi connectivity index (χ2v) is 27.1. The van der Waals surface area contributed by atoms with Gasteiger partial charge in [-0.05, 0) is 64.2 Å². The minimum atomic E-state index is -1.56. The summed E-state index contributed by atoms with van der Waals surface area (Å²) in [5.74, 6) is -0.138. The molecule has 1 amide bonds. The fraction of sp³-hybridized carbons (Fsp3) is 0.840. The first kappa shape index (κ1) is 85.6. The van der Waals surface area contributed by atoms with Crippen LogP contribution in [0.3, 0.4) is 0 Å². The molecule has 90 heavy (non-hydrogen) atoms. The van der Waals surface area contributed by atoms with E-state index < -0.39 is 49.5 Å². The predicted molar refractivity (Wildman–Crippen MR) is 387 cm³/mol. The molecule has 0 bridgehead atoms. The topological polar surface area (TPSA) is 149 Å². The zero-order valence-corrected chi connectivity index (χ0v) is 59.1. The fourth-order valence-corrected chi connectivity index (χ4v) is 12.5. The lowest BCUT2D eigenvalue weighted by molar-refractivity contribution is -0.302. The van der Waals surface area contributed by atoms with Gasteiger partial charge in [0.05, 0.1) is 25.4 Å². The van der Waals surface area contributed by atoms with E-state index in [-0.39, 0.29) is 12.5 Å². The number of aliphatic hydroxyl groups excluding tert-OH is 5. The first-order valence-electron chi connectivity index (χ1n) is 39.1. The summed E-state index contributed by atoms with van der Waals surface area (Å²) in [6.07, 6.45) is 91.4. The van der Waals surface area contributed by atoms with Crippen molar-refractivity contribution in [3.8, 4) is 0 Å².